The number of imide groups is 1. The number of nitrogens with one attached hydrogen (secondary N) is 4. The van der Waals surface area contributed by atoms with Crippen LogP contribution in [-0.4, -0.2) is 471 Å². The maximum atomic E-state index is 15.2. The quantitative estimate of drug-likeness (QED) is 0.00935. The van der Waals surface area contributed by atoms with Crippen molar-refractivity contribution in [2.75, 3.05) is 209 Å². The smallest absolute Gasteiger partial charge is 0.323 e. The second kappa shape index (κ2) is 56.4. The molecule has 18 amide bonds. The summed E-state index contributed by atoms with van der Waals surface area (Å²) in [6.45, 7) is -6.65. The van der Waals surface area contributed by atoms with Crippen LogP contribution in [0, 0.1) is 0 Å². The molecule has 5 aliphatic heterocycles. The van der Waals surface area contributed by atoms with Crippen molar-refractivity contribution >= 4 is 141 Å². The Hall–Kier alpha value is -14.0. The zero-order valence-electron chi connectivity index (χ0n) is 80.3. The molecule has 5 aliphatic rings. The topological polar surface area (TPSA) is 700 Å². The molecule has 2 bridgehead atoms. The van der Waals surface area contributed by atoms with Crippen molar-refractivity contribution in [3.8, 4) is 11.5 Å². The van der Waals surface area contributed by atoms with E-state index in [0.717, 1.165) is 65.7 Å². The predicted molar refractivity (Wildman–Crippen MR) is 501 cm³/mol. The standard InChI is InChI=1S/C66H90N16O20S.C23H38N8O8/c1-43-31-81(56(92)28-51(43)89)65-27-50(52(42-85)102-65)82-33-47(70-71-82)32-79-41-63(99)73(17-12-46-5-9-49(88)10-6-46)35-59(95)75(20-15-68)38-61(97)76(21-24-83)39-62(98)78(34-54(90)69-30-44(2)86)23-26-103-53-29-57(93)80(66(53)101)18-13-55(91)74(19-14-67)37-58(94)72(16-11-45-3-7-48(87)8-4-45)36-60(96)77(22-25-84)40-64(79)100;1-15(24)25-6-5-7-29-10-16(32)26-9-20(36)31(14-22(38)39)11-17(33)27-8-19(35)30(13-21(29)37)12-18(34)28-23(2,3)4/h3-10,31,33,50,52-53,65,83-85,87-88H,11-30,32,34-42,67-68H2,1-2H3,(H,69,90);5-14H2,1-4H3,(H2,24,25)(H,26,32)(H,27,33)(H,28,34)(H,38,39). The number of aliphatic hydroxyl groups is 3. The van der Waals surface area contributed by atoms with Crippen LogP contribution < -0.4 is 38.5 Å². The fourth-order valence-corrected chi connectivity index (χ4v) is 16.2. The predicted octanol–water partition coefficient (Wildman–Crippen LogP) is -8.99. The van der Waals surface area contributed by atoms with Gasteiger partial charge in [0.05, 0.1) is 128 Å². The third kappa shape index (κ3) is 37.5. The molecule has 2 aromatic carbocycles. The molecule has 142 heavy (non-hydrogen) atoms. The highest BCUT2D eigenvalue weighted by Crippen LogP contribution is 2.35. The number of aliphatic carboxylic acids is 1. The molecule has 0 saturated carbocycles. The largest absolute Gasteiger partial charge is 0.508 e. The molecule has 4 atom stereocenters. The Morgan fingerprint density at radius 1 is 0.549 bits per heavy atom. The average molecular weight is 2010 g/mol. The summed E-state index contributed by atoms with van der Waals surface area (Å²) in [5.74, 6) is -16.0. The molecular weight excluding hydrogens is 1890 g/mol. The first kappa shape index (κ1) is 115. The van der Waals surface area contributed by atoms with E-state index in [0.29, 0.717) is 33.9 Å². The van der Waals surface area contributed by atoms with Gasteiger partial charge >= 0.3 is 5.97 Å². The summed E-state index contributed by atoms with van der Waals surface area (Å²) in [7, 11) is 0. The number of phenols is 2. The summed E-state index contributed by atoms with van der Waals surface area (Å²) < 4.78 is 7.42. The maximum absolute atomic E-state index is 15.2. The second-order valence-electron chi connectivity index (χ2n) is 34.9. The number of nitrogens with zero attached hydrogens (tertiary/aromatic N) is 17. The van der Waals surface area contributed by atoms with E-state index in [9.17, 15) is 117 Å². The van der Waals surface area contributed by atoms with E-state index in [-0.39, 0.29) is 120 Å². The number of phenolic OH excluding ortho intramolecular Hbond substituents is 2. The molecule has 8 rings (SSSR count). The molecule has 6 heterocycles. The van der Waals surface area contributed by atoms with Crippen molar-refractivity contribution < 1.29 is 136 Å². The minimum atomic E-state index is -1.39. The van der Waals surface area contributed by atoms with Gasteiger partial charge in [0.25, 0.3) is 0 Å². The third-order valence-corrected chi connectivity index (χ3v) is 23.7. The van der Waals surface area contributed by atoms with E-state index in [1.807, 2.05) is 0 Å². The number of rotatable bonds is 31. The molecule has 1 aromatic heterocycles. The molecular formula is C89H128N24O28S. The first-order valence-corrected chi connectivity index (χ1v) is 46.8. The zero-order chi connectivity index (χ0) is 105. The third-order valence-electron chi connectivity index (χ3n) is 22.5. The van der Waals surface area contributed by atoms with Crippen molar-refractivity contribution in [3.05, 3.63) is 83.3 Å². The van der Waals surface area contributed by atoms with E-state index in [4.69, 9.17) is 27.0 Å². The Morgan fingerprint density at radius 3 is 1.49 bits per heavy atom. The lowest BCUT2D eigenvalue weighted by Crippen LogP contribution is -2.53. The number of hydrogen-bond donors (Lipinski definition) is 13. The van der Waals surface area contributed by atoms with E-state index in [2.05, 4.69) is 36.6 Å². The van der Waals surface area contributed by atoms with Gasteiger partial charge in [-0.1, -0.05) is 29.5 Å². The van der Waals surface area contributed by atoms with Crippen molar-refractivity contribution in [1.82, 2.24) is 100.0 Å². The first-order chi connectivity index (χ1) is 67.3. The van der Waals surface area contributed by atoms with E-state index < -0.39 is 304 Å². The van der Waals surface area contributed by atoms with E-state index in [1.165, 1.54) is 53.2 Å². The van der Waals surface area contributed by atoms with Crippen LogP contribution in [0.1, 0.15) is 96.5 Å². The molecule has 0 aliphatic carbocycles. The Labute approximate surface area is 821 Å². The number of benzene rings is 2. The number of ether oxygens (including phenoxy) is 1. The van der Waals surface area contributed by atoms with Gasteiger partial charge in [-0.2, -0.15) is 0 Å². The highest BCUT2D eigenvalue weighted by molar-refractivity contribution is 8.00. The molecule has 16 N–H and O–H groups in total. The van der Waals surface area contributed by atoms with Gasteiger partial charge in [-0.15, -0.1) is 16.9 Å². The molecule has 4 saturated heterocycles. The van der Waals surface area contributed by atoms with Crippen LogP contribution in [0.3, 0.4) is 0 Å². The number of amides is 18. The van der Waals surface area contributed by atoms with Crippen LogP contribution in [0.5, 0.6) is 11.5 Å². The van der Waals surface area contributed by atoms with Gasteiger partial charge in [-0.3, -0.25) is 115 Å². The second-order valence-corrected chi connectivity index (χ2v) is 36.3. The number of Topliss-reactive ketones (excluding diaryl/α,β-unsaturated/α-hetero) is 2. The monoisotopic (exact) mass is 2010 g/mol. The minimum absolute atomic E-state index is 0.0124. The lowest BCUT2D eigenvalue weighted by atomic mass is 10.1. The fourth-order valence-electron chi connectivity index (χ4n) is 15.1. The number of carbonyl (C=O) groups excluding carboxylic acids is 20. The SMILES string of the molecule is CC(=O)CNC(=O)CN1CCSC2CC(=O)N(CCC(=O)N(CCN)CC(=O)N(CCc3ccc(O)cc3)CC(=O)N(CCO)CC(=O)N(Cc3cn(C4CC(N5C=C(C)C(=O)CC5=O)OC4CO)nn3)CC(=O)N(CCc3ccc(O)cc3)CC(=O)N(CCN)CC(=O)N(CCO)CC1=O)C2=O.CC(N)=NCCCN1CC(=O)NCC(=O)N(CC(=O)O)CC(=O)NCC(=O)N(CC(=O)NC(C)(C)C)CC1=O. The average Bonchev–Trinajstić information content (AvgIpc) is 1.64. The van der Waals surface area contributed by atoms with Gasteiger partial charge in [0, 0.05) is 121 Å². The molecule has 3 aromatic rings. The number of β-amino-alcohol motifs (C(OH)–C–C–N with tert-alkyl or cyclic N) is 2. The van der Waals surface area contributed by atoms with Gasteiger partial charge < -0.3 is 128 Å². The van der Waals surface area contributed by atoms with Gasteiger partial charge in [0.1, 0.15) is 68.0 Å². The molecule has 4 unspecified atom stereocenters. The van der Waals surface area contributed by atoms with Crippen molar-refractivity contribution in [1.29, 1.82) is 0 Å². The first-order valence-electron chi connectivity index (χ1n) is 45.8. The van der Waals surface area contributed by atoms with Crippen LogP contribution in [0.4, 0.5) is 0 Å². The van der Waals surface area contributed by atoms with Crippen LogP contribution in [0.15, 0.2) is 71.5 Å². The summed E-state index contributed by atoms with van der Waals surface area (Å²) in [6.07, 6.45) is 0.0745. The van der Waals surface area contributed by atoms with Crippen LogP contribution in [-0.2, 0) is 125 Å². The number of carboxylic acid groups (broad SMARTS) is 1. The number of fused-ring (bicyclic) bond motifs is 2. The van der Waals surface area contributed by atoms with Crippen LogP contribution in [0.2, 0.25) is 0 Å². The van der Waals surface area contributed by atoms with E-state index in [1.54, 1.807) is 58.9 Å². The molecule has 0 spiro atoms. The van der Waals surface area contributed by atoms with Gasteiger partial charge in [0.2, 0.25) is 106 Å². The van der Waals surface area contributed by atoms with Crippen LogP contribution in [0.25, 0.3) is 0 Å². The number of aromatic hydroxyl groups is 2. The lowest BCUT2D eigenvalue weighted by Gasteiger charge is -2.32. The van der Waals surface area contributed by atoms with Crippen LogP contribution >= 0.6 is 11.8 Å². The number of carbonyl (C=O) groups is 21. The zero-order valence-corrected chi connectivity index (χ0v) is 81.1. The molecule has 4 fully saturated rings. The molecule has 52 nitrogen and oxygen atoms in total. The number of carboxylic acids is 1. The molecule has 778 valence electrons. The number of thioether (sulfide) groups is 1. The highest BCUT2D eigenvalue weighted by Gasteiger charge is 2.44. The maximum Gasteiger partial charge on any atom is 0.323 e. The Balaban J connectivity index is 0.000000587. The lowest BCUT2D eigenvalue weighted by molar-refractivity contribution is -0.149. The number of ketones is 2. The van der Waals surface area contributed by atoms with Crippen molar-refractivity contribution in [3.63, 3.8) is 0 Å². The summed E-state index contributed by atoms with van der Waals surface area (Å²) in [4.78, 5) is 300. The van der Waals surface area contributed by atoms with E-state index >= 15 is 9.59 Å². The van der Waals surface area contributed by atoms with Gasteiger partial charge in [-0.25, -0.2) is 4.68 Å². The number of aliphatic imine (C=N–C) groups is 1. The Kier molecular flexibility index (Phi) is 45.7. The molecule has 53 heteroatoms. The van der Waals surface area contributed by atoms with Gasteiger partial charge in [0.15, 0.2) is 5.78 Å². The molecule has 0 radical (unpaired) electrons. The summed E-state index contributed by atoms with van der Waals surface area (Å²) in [5.41, 5.74) is 18.4. The minimum Gasteiger partial charge on any atom is -0.508 e. The fraction of sp³-hybridized carbons (Fsp3) is 0.573. The van der Waals surface area contributed by atoms with Crippen molar-refractivity contribution in [2.24, 2.45) is 22.2 Å². The number of nitrogens with two attached hydrogens (primary N) is 3. The van der Waals surface area contributed by atoms with Crippen molar-refractivity contribution in [2.45, 2.75) is 122 Å². The number of amidine groups is 1. The highest BCUT2D eigenvalue weighted by atomic mass is 32.2. The number of hydrogen-bond acceptors (Lipinski definition) is 33. The normalized spacial score (nSPS) is 19.9. The van der Waals surface area contributed by atoms with Gasteiger partial charge in [-0.05, 0) is 96.2 Å². The summed E-state index contributed by atoms with van der Waals surface area (Å²) in [6, 6.07) is 11.1. The summed E-state index contributed by atoms with van der Waals surface area (Å²) >= 11 is 0.962. The Bertz CT molecular complexity index is 5090. The Morgan fingerprint density at radius 2 is 1.01 bits per heavy atom. The number of aromatic nitrogens is 3. The summed E-state index contributed by atoms with van der Waals surface area (Å²) in [5, 5.41) is 77.7. The number of aliphatic hydroxyl groups excluding tert-OH is 3. The number of allylic oxidation sites excluding steroid dienone is 1.